The Morgan fingerprint density at radius 1 is 1.31 bits per heavy atom. The first-order chi connectivity index (χ1) is 7.65. The van der Waals surface area contributed by atoms with Crippen molar-refractivity contribution < 1.29 is 5.11 Å². The minimum absolute atomic E-state index is 0.101. The third kappa shape index (κ3) is 2.34. The van der Waals surface area contributed by atoms with Crippen LogP contribution >= 0.6 is 11.6 Å². The van der Waals surface area contributed by atoms with E-state index in [0.717, 1.165) is 0 Å². The minimum atomic E-state index is -0.273. The first-order valence-corrected chi connectivity index (χ1v) is 4.81. The molecule has 0 saturated carbocycles. The number of hydrogen-bond donors (Lipinski definition) is 2. The third-order valence-corrected chi connectivity index (χ3v) is 2.01. The van der Waals surface area contributed by atoms with E-state index in [2.05, 4.69) is 25.3 Å². The third-order valence-electron chi connectivity index (χ3n) is 1.74. The van der Waals surface area contributed by atoms with Gasteiger partial charge in [0.05, 0.1) is 6.20 Å². The largest absolute Gasteiger partial charge is 0.492 e. The van der Waals surface area contributed by atoms with Crippen LogP contribution in [0.3, 0.4) is 0 Å². The van der Waals surface area contributed by atoms with Gasteiger partial charge in [-0.3, -0.25) is 0 Å². The fourth-order valence-corrected chi connectivity index (χ4v) is 1.15. The zero-order chi connectivity index (χ0) is 11.5. The van der Waals surface area contributed by atoms with Gasteiger partial charge in [-0.25, -0.2) is 15.0 Å². The van der Waals surface area contributed by atoms with Crippen molar-refractivity contribution in [2.75, 3.05) is 5.32 Å². The monoisotopic (exact) mass is 237 g/mol. The molecule has 0 amide bonds. The maximum atomic E-state index is 9.28. The molecule has 0 atom stereocenters. The lowest BCUT2D eigenvalue weighted by Crippen LogP contribution is -2.00. The quantitative estimate of drug-likeness (QED) is 0.827. The van der Waals surface area contributed by atoms with Gasteiger partial charge in [-0.1, -0.05) is 11.6 Å². The lowest BCUT2D eigenvalue weighted by Gasteiger charge is -2.04. The van der Waals surface area contributed by atoms with Crippen molar-refractivity contribution in [2.45, 2.75) is 6.92 Å². The maximum absolute atomic E-state index is 9.28. The fraction of sp³-hybridized carbons (Fsp3) is 0.111. The topological polar surface area (TPSA) is 83.8 Å². The van der Waals surface area contributed by atoms with Gasteiger partial charge in [0.2, 0.25) is 11.8 Å². The molecule has 16 heavy (non-hydrogen) atoms. The van der Waals surface area contributed by atoms with Crippen molar-refractivity contribution in [3.63, 3.8) is 0 Å². The summed E-state index contributed by atoms with van der Waals surface area (Å²) < 4.78 is 0. The summed E-state index contributed by atoms with van der Waals surface area (Å²) in [5.41, 5.74) is 0. The highest BCUT2D eigenvalue weighted by Crippen LogP contribution is 2.20. The van der Waals surface area contributed by atoms with Crippen LogP contribution in [-0.4, -0.2) is 25.0 Å². The summed E-state index contributed by atoms with van der Waals surface area (Å²) in [5.74, 6) is 1.13. The Hall–Kier alpha value is -1.95. The summed E-state index contributed by atoms with van der Waals surface area (Å²) in [6.07, 6.45) is 2.92. The second-order valence-electron chi connectivity index (χ2n) is 2.98. The maximum Gasteiger partial charge on any atom is 0.235 e. The van der Waals surface area contributed by atoms with Crippen LogP contribution in [0.1, 0.15) is 5.82 Å². The lowest BCUT2D eigenvalue weighted by molar-refractivity contribution is 0.453. The number of nitrogens with one attached hydrogen (secondary N) is 1. The average Bonchev–Trinajstić information content (AvgIpc) is 2.24. The molecule has 2 rings (SSSR count). The summed E-state index contributed by atoms with van der Waals surface area (Å²) in [5, 5.41) is 12.2. The van der Waals surface area contributed by atoms with E-state index in [1.807, 2.05) is 0 Å². The smallest absolute Gasteiger partial charge is 0.235 e. The SMILES string of the molecule is Cc1nccc(Nc2ncc(Cl)c(O)n2)n1. The van der Waals surface area contributed by atoms with Gasteiger partial charge in [-0.15, -0.1) is 0 Å². The van der Waals surface area contributed by atoms with Crippen LogP contribution in [-0.2, 0) is 0 Å². The van der Waals surface area contributed by atoms with Crippen molar-refractivity contribution >= 4 is 23.4 Å². The Balaban J connectivity index is 2.24. The number of anilines is 2. The first-order valence-electron chi connectivity index (χ1n) is 4.43. The second kappa shape index (κ2) is 4.28. The molecule has 0 saturated heterocycles. The molecule has 82 valence electrons. The fourth-order valence-electron chi connectivity index (χ4n) is 1.06. The van der Waals surface area contributed by atoms with E-state index in [1.54, 1.807) is 19.2 Å². The Kier molecular flexibility index (Phi) is 2.82. The highest BCUT2D eigenvalue weighted by Gasteiger charge is 2.04. The molecule has 0 aliphatic heterocycles. The molecule has 0 spiro atoms. The van der Waals surface area contributed by atoms with Gasteiger partial charge in [0.25, 0.3) is 0 Å². The van der Waals surface area contributed by atoms with E-state index < -0.39 is 0 Å². The van der Waals surface area contributed by atoms with Gasteiger partial charge in [0.15, 0.2) is 0 Å². The molecule has 0 aromatic carbocycles. The van der Waals surface area contributed by atoms with Crippen LogP contribution in [0.5, 0.6) is 5.88 Å². The number of hydrogen-bond acceptors (Lipinski definition) is 6. The number of rotatable bonds is 2. The first kappa shape index (κ1) is 10.6. The molecule has 2 aromatic heterocycles. The van der Waals surface area contributed by atoms with Crippen molar-refractivity contribution in [1.82, 2.24) is 19.9 Å². The number of aromatic nitrogens is 4. The van der Waals surface area contributed by atoms with Gasteiger partial charge >= 0.3 is 0 Å². The molecule has 2 heterocycles. The standard InChI is InChI=1S/C9H8ClN5O/c1-5-11-3-2-7(13-5)14-9-12-4-6(10)8(16)15-9/h2-4H,1H3,(H2,11,12,13,14,15,16). The van der Waals surface area contributed by atoms with E-state index in [4.69, 9.17) is 11.6 Å². The highest BCUT2D eigenvalue weighted by atomic mass is 35.5. The molecular formula is C9H8ClN5O. The van der Waals surface area contributed by atoms with Crippen LogP contribution in [0.2, 0.25) is 5.02 Å². The average molecular weight is 238 g/mol. The second-order valence-corrected chi connectivity index (χ2v) is 3.39. The normalized spacial score (nSPS) is 10.1. The van der Waals surface area contributed by atoms with E-state index in [9.17, 15) is 5.11 Å². The molecule has 0 bridgehead atoms. The van der Waals surface area contributed by atoms with Crippen LogP contribution < -0.4 is 5.32 Å². The predicted molar refractivity (Wildman–Crippen MR) is 58.8 cm³/mol. The van der Waals surface area contributed by atoms with E-state index in [1.165, 1.54) is 6.20 Å². The molecule has 0 aliphatic rings. The van der Waals surface area contributed by atoms with E-state index >= 15 is 0 Å². The van der Waals surface area contributed by atoms with Crippen molar-refractivity contribution in [1.29, 1.82) is 0 Å². The number of nitrogens with zero attached hydrogens (tertiary/aromatic N) is 4. The molecule has 2 aromatic rings. The van der Waals surface area contributed by atoms with E-state index in [0.29, 0.717) is 11.6 Å². The van der Waals surface area contributed by atoms with Gasteiger partial charge in [-0.05, 0) is 13.0 Å². The van der Waals surface area contributed by atoms with Crippen LogP contribution in [0.4, 0.5) is 11.8 Å². The van der Waals surface area contributed by atoms with Gasteiger partial charge < -0.3 is 10.4 Å². The van der Waals surface area contributed by atoms with Crippen LogP contribution in [0.15, 0.2) is 18.5 Å². The Bertz CT molecular complexity index is 519. The molecule has 0 unspecified atom stereocenters. The molecule has 0 radical (unpaired) electrons. The zero-order valence-electron chi connectivity index (χ0n) is 8.35. The van der Waals surface area contributed by atoms with Crippen molar-refractivity contribution in [2.24, 2.45) is 0 Å². The summed E-state index contributed by atoms with van der Waals surface area (Å²) in [7, 11) is 0. The summed E-state index contributed by atoms with van der Waals surface area (Å²) in [6, 6.07) is 1.67. The number of aryl methyl sites for hydroxylation is 1. The molecule has 6 nitrogen and oxygen atoms in total. The molecule has 2 N–H and O–H groups in total. The molecule has 0 fully saturated rings. The Morgan fingerprint density at radius 2 is 2.12 bits per heavy atom. The zero-order valence-corrected chi connectivity index (χ0v) is 9.10. The van der Waals surface area contributed by atoms with Gasteiger partial charge in [-0.2, -0.15) is 4.98 Å². The van der Waals surface area contributed by atoms with Gasteiger partial charge in [0.1, 0.15) is 16.7 Å². The number of halogens is 1. The summed E-state index contributed by atoms with van der Waals surface area (Å²) in [6.45, 7) is 1.77. The minimum Gasteiger partial charge on any atom is -0.492 e. The van der Waals surface area contributed by atoms with Gasteiger partial charge in [0, 0.05) is 6.20 Å². The van der Waals surface area contributed by atoms with E-state index in [-0.39, 0.29) is 16.9 Å². The highest BCUT2D eigenvalue weighted by molar-refractivity contribution is 6.31. The Labute approximate surface area is 96.4 Å². The Morgan fingerprint density at radius 3 is 2.81 bits per heavy atom. The summed E-state index contributed by atoms with van der Waals surface area (Å²) >= 11 is 5.58. The van der Waals surface area contributed by atoms with Crippen molar-refractivity contribution in [3.05, 3.63) is 29.3 Å². The van der Waals surface area contributed by atoms with Crippen molar-refractivity contribution in [3.8, 4) is 5.88 Å². The molecule has 7 heteroatoms. The van der Waals surface area contributed by atoms with Crippen LogP contribution in [0, 0.1) is 6.92 Å². The predicted octanol–water partition coefficient (Wildman–Crippen LogP) is 1.68. The molecular weight excluding hydrogens is 230 g/mol. The summed E-state index contributed by atoms with van der Waals surface area (Å²) in [4.78, 5) is 15.7. The molecule has 0 aliphatic carbocycles. The van der Waals surface area contributed by atoms with Crippen LogP contribution in [0.25, 0.3) is 0 Å². The number of aromatic hydroxyl groups is 1. The lowest BCUT2D eigenvalue weighted by atomic mass is 10.5.